The van der Waals surface area contributed by atoms with E-state index < -0.39 is 0 Å². The number of pyridine rings is 1. The topological polar surface area (TPSA) is 74.8 Å². The fourth-order valence-corrected chi connectivity index (χ4v) is 3.36. The second-order valence-electron chi connectivity index (χ2n) is 6.87. The minimum Gasteiger partial charge on any atom is -0.379 e. The molecule has 1 aromatic heterocycles. The molecule has 1 aliphatic rings. The van der Waals surface area contributed by atoms with E-state index in [1.165, 1.54) is 0 Å². The van der Waals surface area contributed by atoms with Gasteiger partial charge in [-0.25, -0.2) is 0 Å². The Bertz CT molecular complexity index is 893. The molecule has 4 N–H and O–H groups in total. The predicted octanol–water partition coefficient (Wildman–Crippen LogP) is 4.62. The predicted molar refractivity (Wildman–Crippen MR) is 117 cm³/mol. The average molecular weight is 373 g/mol. The Morgan fingerprint density at radius 3 is 2.64 bits per heavy atom. The number of benzene rings is 1. The third kappa shape index (κ3) is 4.65. The van der Waals surface area contributed by atoms with Crippen LogP contribution in [0.2, 0.25) is 0 Å². The summed E-state index contributed by atoms with van der Waals surface area (Å²) in [5, 5.41) is 12.2. The Labute approximate surface area is 167 Å². The Hall–Kier alpha value is -2.98. The van der Waals surface area contributed by atoms with Gasteiger partial charge in [0.05, 0.1) is 11.4 Å². The molecule has 4 nitrogen and oxygen atoms in total. The molecule has 0 bridgehead atoms. The van der Waals surface area contributed by atoms with E-state index in [0.717, 1.165) is 52.8 Å². The Morgan fingerprint density at radius 2 is 1.96 bits per heavy atom. The molecular weight excluding hydrogens is 344 g/mol. The lowest BCUT2D eigenvalue weighted by molar-refractivity contribution is 0.811. The molecule has 0 unspecified atom stereocenters. The summed E-state index contributed by atoms with van der Waals surface area (Å²) in [5.74, 6) is 0. The van der Waals surface area contributed by atoms with Crippen LogP contribution in [0, 0.1) is 5.41 Å². The Kier molecular flexibility index (Phi) is 6.93. The normalized spacial score (nSPS) is 15.7. The molecule has 0 saturated carbocycles. The molecule has 1 aliphatic carbocycles. The second kappa shape index (κ2) is 9.81. The summed E-state index contributed by atoms with van der Waals surface area (Å²) >= 11 is 0. The number of unbranched alkanes of at least 4 members (excludes halogenated alkanes) is 2. The summed E-state index contributed by atoms with van der Waals surface area (Å²) < 4.78 is 0. The molecule has 144 valence electrons. The molecule has 2 aromatic rings. The molecule has 0 saturated heterocycles. The van der Waals surface area contributed by atoms with Crippen molar-refractivity contribution in [1.29, 1.82) is 5.41 Å². The van der Waals surface area contributed by atoms with Crippen LogP contribution >= 0.6 is 0 Å². The lowest BCUT2D eigenvalue weighted by atomic mass is 9.85. The molecule has 3 rings (SSSR count). The smallest absolute Gasteiger partial charge is 0.0844 e. The van der Waals surface area contributed by atoms with E-state index in [9.17, 15) is 0 Å². The van der Waals surface area contributed by atoms with E-state index in [1.807, 2.05) is 36.5 Å². The lowest BCUT2D eigenvalue weighted by Gasteiger charge is -2.25. The highest BCUT2D eigenvalue weighted by Gasteiger charge is 2.23. The monoisotopic (exact) mass is 372 g/mol. The highest BCUT2D eigenvalue weighted by atomic mass is 14.9. The van der Waals surface area contributed by atoms with Crippen LogP contribution in [0.5, 0.6) is 0 Å². The minimum atomic E-state index is 0.414. The van der Waals surface area contributed by atoms with Crippen molar-refractivity contribution in [1.82, 2.24) is 10.3 Å². The zero-order valence-corrected chi connectivity index (χ0v) is 16.4. The number of nitrogens with two attached hydrogens (primary N) is 1. The van der Waals surface area contributed by atoms with E-state index in [2.05, 4.69) is 41.5 Å². The van der Waals surface area contributed by atoms with Crippen LogP contribution in [-0.2, 0) is 6.54 Å². The van der Waals surface area contributed by atoms with Crippen molar-refractivity contribution in [3.8, 4) is 0 Å². The Morgan fingerprint density at radius 1 is 1.14 bits per heavy atom. The van der Waals surface area contributed by atoms with Crippen LogP contribution in [0.3, 0.4) is 0 Å². The van der Waals surface area contributed by atoms with Gasteiger partial charge in [0.1, 0.15) is 0 Å². The highest BCUT2D eigenvalue weighted by Crippen LogP contribution is 2.32. The summed E-state index contributed by atoms with van der Waals surface area (Å²) in [6.45, 7) is 3.22. The highest BCUT2D eigenvalue weighted by molar-refractivity contribution is 6.18. The fourth-order valence-electron chi connectivity index (χ4n) is 3.36. The molecule has 0 fully saturated rings. The number of nitrogens with one attached hydrogen (secondary N) is 2. The van der Waals surface area contributed by atoms with Crippen molar-refractivity contribution in [2.24, 2.45) is 5.73 Å². The molecule has 4 heteroatoms. The third-order valence-electron chi connectivity index (χ3n) is 4.88. The lowest BCUT2D eigenvalue weighted by Crippen LogP contribution is -2.27. The summed E-state index contributed by atoms with van der Waals surface area (Å²) in [6, 6.07) is 14.2. The molecule has 0 aliphatic heterocycles. The van der Waals surface area contributed by atoms with Crippen LogP contribution in [0.4, 0.5) is 0 Å². The maximum atomic E-state index is 8.79. The SMILES string of the molecule is CCCC/C=C1\C(=N)C(NCc2cccnc2)=CC(c2ccccc2)=C1CN. The van der Waals surface area contributed by atoms with Crippen molar-refractivity contribution < 1.29 is 0 Å². The first kappa shape index (κ1) is 19.8. The van der Waals surface area contributed by atoms with E-state index in [4.69, 9.17) is 11.1 Å². The van der Waals surface area contributed by atoms with Gasteiger partial charge >= 0.3 is 0 Å². The zero-order valence-electron chi connectivity index (χ0n) is 16.4. The van der Waals surface area contributed by atoms with Crippen molar-refractivity contribution in [3.63, 3.8) is 0 Å². The van der Waals surface area contributed by atoms with Gasteiger partial charge in [-0.1, -0.05) is 62.2 Å². The van der Waals surface area contributed by atoms with Crippen LogP contribution in [0.15, 0.2) is 83.9 Å². The molecule has 28 heavy (non-hydrogen) atoms. The van der Waals surface area contributed by atoms with Crippen molar-refractivity contribution in [2.75, 3.05) is 6.54 Å². The molecular formula is C24H28N4. The van der Waals surface area contributed by atoms with E-state index in [0.29, 0.717) is 18.8 Å². The quantitative estimate of drug-likeness (QED) is 0.592. The van der Waals surface area contributed by atoms with Gasteiger partial charge in [-0.05, 0) is 40.8 Å². The third-order valence-corrected chi connectivity index (χ3v) is 4.88. The zero-order chi connectivity index (χ0) is 19.8. The first-order valence-corrected chi connectivity index (χ1v) is 9.87. The van der Waals surface area contributed by atoms with Crippen molar-refractivity contribution >= 4 is 11.3 Å². The number of allylic oxidation sites excluding steroid dienone is 4. The summed E-state index contributed by atoms with van der Waals surface area (Å²) in [7, 11) is 0. The van der Waals surface area contributed by atoms with Gasteiger partial charge in [0.2, 0.25) is 0 Å². The summed E-state index contributed by atoms with van der Waals surface area (Å²) in [5.41, 5.74) is 12.8. The molecule has 0 radical (unpaired) electrons. The van der Waals surface area contributed by atoms with Crippen molar-refractivity contribution in [2.45, 2.75) is 32.7 Å². The standard InChI is InChI=1S/C24H28N4/c1-2-3-5-12-20-22(15-25)21(19-10-6-4-7-11-19)14-23(24(20)26)28-17-18-9-8-13-27-16-18/h4,6-14,16,26,28H,2-3,5,15,17,25H2,1H3/b20-12-,26-24?. The number of hydrogen-bond acceptors (Lipinski definition) is 4. The van der Waals surface area contributed by atoms with Gasteiger partial charge in [0.25, 0.3) is 0 Å². The molecule has 1 heterocycles. The van der Waals surface area contributed by atoms with Gasteiger partial charge in [0.15, 0.2) is 0 Å². The van der Waals surface area contributed by atoms with Crippen LogP contribution < -0.4 is 11.1 Å². The minimum absolute atomic E-state index is 0.414. The van der Waals surface area contributed by atoms with E-state index >= 15 is 0 Å². The number of aromatic nitrogens is 1. The molecule has 1 aromatic carbocycles. The first-order chi connectivity index (χ1) is 13.7. The van der Waals surface area contributed by atoms with Gasteiger partial charge < -0.3 is 11.1 Å². The largest absolute Gasteiger partial charge is 0.379 e. The summed E-state index contributed by atoms with van der Waals surface area (Å²) in [6.07, 6.45) is 11.0. The maximum Gasteiger partial charge on any atom is 0.0844 e. The fraction of sp³-hybridized carbons (Fsp3) is 0.250. The average Bonchev–Trinajstić information content (AvgIpc) is 2.75. The number of hydrogen-bond donors (Lipinski definition) is 3. The van der Waals surface area contributed by atoms with Gasteiger partial charge in [-0.3, -0.25) is 10.4 Å². The second-order valence-corrected chi connectivity index (χ2v) is 6.87. The van der Waals surface area contributed by atoms with Gasteiger partial charge in [-0.2, -0.15) is 0 Å². The van der Waals surface area contributed by atoms with Crippen LogP contribution in [0.25, 0.3) is 5.57 Å². The van der Waals surface area contributed by atoms with Gasteiger partial charge in [-0.15, -0.1) is 0 Å². The van der Waals surface area contributed by atoms with E-state index in [1.54, 1.807) is 6.20 Å². The first-order valence-electron chi connectivity index (χ1n) is 9.87. The Balaban J connectivity index is 1.98. The summed E-state index contributed by atoms with van der Waals surface area (Å²) in [4.78, 5) is 4.17. The van der Waals surface area contributed by atoms with Crippen LogP contribution in [0.1, 0.15) is 37.3 Å². The van der Waals surface area contributed by atoms with Gasteiger partial charge in [0, 0.05) is 31.1 Å². The number of rotatable bonds is 8. The van der Waals surface area contributed by atoms with Crippen LogP contribution in [-0.4, -0.2) is 17.2 Å². The maximum absolute atomic E-state index is 8.79. The molecule has 0 spiro atoms. The van der Waals surface area contributed by atoms with Crippen molar-refractivity contribution in [3.05, 3.63) is 95.0 Å². The van der Waals surface area contributed by atoms with E-state index in [-0.39, 0.29) is 0 Å². The molecule has 0 atom stereocenters. The number of nitrogens with zero attached hydrogens (tertiary/aromatic N) is 1. The molecule has 0 amide bonds.